The lowest BCUT2D eigenvalue weighted by Gasteiger charge is -2.23. The van der Waals surface area contributed by atoms with Gasteiger partial charge in [0, 0.05) is 49.8 Å². The van der Waals surface area contributed by atoms with E-state index in [1.807, 2.05) is 36.0 Å². The summed E-state index contributed by atoms with van der Waals surface area (Å²) in [6.07, 6.45) is 4.93. The second kappa shape index (κ2) is 6.29. The van der Waals surface area contributed by atoms with Crippen LogP contribution in [0.25, 0.3) is 0 Å². The molecular weight excluding hydrogens is 314 g/mol. The summed E-state index contributed by atoms with van der Waals surface area (Å²) in [5.74, 6) is 0.878. The standard InChI is InChI=1S/C15H21N5O2S/c1-13-4-5-14-12-20(23(2,21)22)11-9-18(15(14)17-13)8-10-19-7-3-6-16-19/h3-7H,8-12H2,1-2H3. The number of aryl methyl sites for hydroxylation is 1. The highest BCUT2D eigenvalue weighted by Gasteiger charge is 2.25. The van der Waals surface area contributed by atoms with Crippen molar-refractivity contribution in [1.29, 1.82) is 0 Å². The van der Waals surface area contributed by atoms with Crippen LogP contribution in [0.3, 0.4) is 0 Å². The summed E-state index contributed by atoms with van der Waals surface area (Å²) in [5.41, 5.74) is 1.87. The first-order valence-electron chi connectivity index (χ1n) is 7.57. The molecule has 0 bridgehead atoms. The molecule has 0 saturated heterocycles. The van der Waals surface area contributed by atoms with E-state index in [2.05, 4.69) is 15.0 Å². The molecule has 8 heteroatoms. The SMILES string of the molecule is Cc1ccc2c(n1)N(CCn1cccn1)CCN(S(C)(=O)=O)C2. The van der Waals surface area contributed by atoms with Gasteiger partial charge in [-0.15, -0.1) is 0 Å². The smallest absolute Gasteiger partial charge is 0.211 e. The van der Waals surface area contributed by atoms with Gasteiger partial charge in [-0.1, -0.05) is 6.07 Å². The highest BCUT2D eigenvalue weighted by atomic mass is 32.2. The van der Waals surface area contributed by atoms with Gasteiger partial charge in [0.05, 0.1) is 12.8 Å². The summed E-state index contributed by atoms with van der Waals surface area (Å²) in [7, 11) is -3.22. The van der Waals surface area contributed by atoms with Crippen molar-refractivity contribution in [2.45, 2.75) is 20.0 Å². The number of fused-ring (bicyclic) bond motifs is 1. The van der Waals surface area contributed by atoms with Crippen LogP contribution >= 0.6 is 0 Å². The Morgan fingerprint density at radius 2 is 2.04 bits per heavy atom. The third kappa shape index (κ3) is 3.70. The molecule has 2 aromatic heterocycles. The van der Waals surface area contributed by atoms with Crippen LogP contribution in [0.1, 0.15) is 11.3 Å². The molecule has 1 aliphatic heterocycles. The Morgan fingerprint density at radius 3 is 2.74 bits per heavy atom. The van der Waals surface area contributed by atoms with Crippen LogP contribution in [0.15, 0.2) is 30.6 Å². The Morgan fingerprint density at radius 1 is 1.22 bits per heavy atom. The normalized spacial score (nSPS) is 16.2. The van der Waals surface area contributed by atoms with Crippen LogP contribution in [-0.4, -0.2) is 53.4 Å². The molecule has 3 rings (SSSR count). The first-order valence-corrected chi connectivity index (χ1v) is 9.42. The zero-order valence-electron chi connectivity index (χ0n) is 13.4. The molecule has 2 aromatic rings. The van der Waals surface area contributed by atoms with Gasteiger partial charge in [-0.3, -0.25) is 4.68 Å². The van der Waals surface area contributed by atoms with Crippen LogP contribution < -0.4 is 4.90 Å². The maximum atomic E-state index is 11.9. The number of pyridine rings is 1. The van der Waals surface area contributed by atoms with Crippen molar-refractivity contribution in [3.8, 4) is 0 Å². The van der Waals surface area contributed by atoms with E-state index in [9.17, 15) is 8.42 Å². The minimum atomic E-state index is -3.22. The van der Waals surface area contributed by atoms with Crippen molar-refractivity contribution in [3.05, 3.63) is 41.9 Å². The Labute approximate surface area is 136 Å². The number of anilines is 1. The van der Waals surface area contributed by atoms with Crippen molar-refractivity contribution in [3.63, 3.8) is 0 Å². The quantitative estimate of drug-likeness (QED) is 0.829. The number of rotatable bonds is 4. The number of nitrogens with zero attached hydrogens (tertiary/aromatic N) is 5. The van der Waals surface area contributed by atoms with Gasteiger partial charge in [0.15, 0.2) is 0 Å². The maximum absolute atomic E-state index is 11.9. The predicted octanol–water partition coefficient (Wildman–Crippen LogP) is 0.868. The van der Waals surface area contributed by atoms with Crippen LogP contribution in [0.4, 0.5) is 5.82 Å². The second-order valence-electron chi connectivity index (χ2n) is 5.79. The lowest BCUT2D eigenvalue weighted by Crippen LogP contribution is -2.36. The lowest BCUT2D eigenvalue weighted by atomic mass is 10.2. The molecule has 0 aliphatic carbocycles. The highest BCUT2D eigenvalue weighted by Crippen LogP contribution is 2.24. The largest absolute Gasteiger partial charge is 0.353 e. The molecule has 3 heterocycles. The molecule has 0 saturated carbocycles. The van der Waals surface area contributed by atoms with Crippen LogP contribution in [-0.2, 0) is 23.1 Å². The van der Waals surface area contributed by atoms with Gasteiger partial charge < -0.3 is 4.90 Å². The van der Waals surface area contributed by atoms with E-state index in [0.717, 1.165) is 30.2 Å². The van der Waals surface area contributed by atoms with Gasteiger partial charge in [-0.05, 0) is 19.1 Å². The van der Waals surface area contributed by atoms with Crippen molar-refractivity contribution in [2.75, 3.05) is 30.8 Å². The fourth-order valence-electron chi connectivity index (χ4n) is 2.73. The van der Waals surface area contributed by atoms with Crippen LogP contribution in [0.5, 0.6) is 0 Å². The Kier molecular flexibility index (Phi) is 4.36. The maximum Gasteiger partial charge on any atom is 0.211 e. The molecule has 0 aromatic carbocycles. The van der Waals surface area contributed by atoms with Crippen molar-refractivity contribution >= 4 is 15.8 Å². The summed E-state index contributed by atoms with van der Waals surface area (Å²) in [5, 5.41) is 4.22. The van der Waals surface area contributed by atoms with Crippen molar-refractivity contribution < 1.29 is 8.42 Å². The third-order valence-corrected chi connectivity index (χ3v) is 5.24. The second-order valence-corrected chi connectivity index (χ2v) is 7.77. The first-order chi connectivity index (χ1) is 10.9. The molecule has 0 spiro atoms. The van der Waals surface area contributed by atoms with Gasteiger partial charge >= 0.3 is 0 Å². The average molecular weight is 335 g/mol. The molecule has 0 radical (unpaired) electrons. The fraction of sp³-hybridized carbons (Fsp3) is 0.467. The summed E-state index contributed by atoms with van der Waals surface area (Å²) in [4.78, 5) is 6.79. The summed E-state index contributed by atoms with van der Waals surface area (Å²) in [6.45, 7) is 4.89. The summed E-state index contributed by atoms with van der Waals surface area (Å²) in [6, 6.07) is 5.79. The fourth-order valence-corrected chi connectivity index (χ4v) is 3.52. The molecular formula is C15H21N5O2S. The van der Waals surface area contributed by atoms with E-state index in [1.165, 1.54) is 10.6 Å². The van der Waals surface area contributed by atoms with Crippen LogP contribution in [0, 0.1) is 6.92 Å². The molecule has 0 amide bonds. The van der Waals surface area contributed by atoms with Gasteiger partial charge in [0.2, 0.25) is 10.0 Å². The van der Waals surface area contributed by atoms with E-state index < -0.39 is 10.0 Å². The monoisotopic (exact) mass is 335 g/mol. The van der Waals surface area contributed by atoms with Gasteiger partial charge in [0.25, 0.3) is 0 Å². The highest BCUT2D eigenvalue weighted by molar-refractivity contribution is 7.88. The molecule has 0 fully saturated rings. The zero-order valence-corrected chi connectivity index (χ0v) is 14.2. The Bertz CT molecular complexity index is 773. The molecule has 1 aliphatic rings. The van der Waals surface area contributed by atoms with Gasteiger partial charge in [-0.25, -0.2) is 13.4 Å². The van der Waals surface area contributed by atoms with E-state index in [0.29, 0.717) is 19.6 Å². The van der Waals surface area contributed by atoms with E-state index in [1.54, 1.807) is 6.20 Å². The molecule has 0 N–H and O–H groups in total. The van der Waals surface area contributed by atoms with Gasteiger partial charge in [0.1, 0.15) is 5.82 Å². The van der Waals surface area contributed by atoms with Crippen molar-refractivity contribution in [1.82, 2.24) is 19.1 Å². The van der Waals surface area contributed by atoms with E-state index in [4.69, 9.17) is 0 Å². The predicted molar refractivity (Wildman–Crippen MR) is 88.7 cm³/mol. The number of hydrogen-bond acceptors (Lipinski definition) is 5. The Hall–Kier alpha value is -1.93. The molecule has 7 nitrogen and oxygen atoms in total. The zero-order chi connectivity index (χ0) is 16.4. The van der Waals surface area contributed by atoms with Crippen LogP contribution in [0.2, 0.25) is 0 Å². The number of sulfonamides is 1. The van der Waals surface area contributed by atoms with E-state index >= 15 is 0 Å². The lowest BCUT2D eigenvalue weighted by molar-refractivity contribution is 0.421. The molecule has 0 atom stereocenters. The number of hydrogen-bond donors (Lipinski definition) is 0. The van der Waals surface area contributed by atoms with Gasteiger partial charge in [-0.2, -0.15) is 9.40 Å². The van der Waals surface area contributed by atoms with E-state index in [-0.39, 0.29) is 0 Å². The minimum Gasteiger partial charge on any atom is -0.353 e. The molecule has 124 valence electrons. The molecule has 0 unspecified atom stereocenters. The summed E-state index contributed by atoms with van der Waals surface area (Å²) >= 11 is 0. The third-order valence-electron chi connectivity index (χ3n) is 3.99. The van der Waals surface area contributed by atoms with Crippen molar-refractivity contribution in [2.24, 2.45) is 0 Å². The Balaban J connectivity index is 1.87. The number of aromatic nitrogens is 3. The first kappa shape index (κ1) is 15.9. The minimum absolute atomic E-state index is 0.375. The molecule has 23 heavy (non-hydrogen) atoms. The summed E-state index contributed by atoms with van der Waals surface area (Å²) < 4.78 is 27.3. The average Bonchev–Trinajstić information content (AvgIpc) is 2.92. The topological polar surface area (TPSA) is 71.3 Å².